The fraction of sp³-hybridized carbons (Fsp3) is 0.167. The lowest BCUT2D eigenvalue weighted by atomic mass is 10.1. The average Bonchev–Trinajstić information content (AvgIpc) is 3.21. The first-order chi connectivity index (χ1) is 12.2. The summed E-state index contributed by atoms with van der Waals surface area (Å²) < 4.78 is 6.20. The fourth-order valence-electron chi connectivity index (χ4n) is 2.35. The SMILES string of the molecule is C=CCN1C(=O)[C@@H](Cc2ccc(Br)cc2)S/C1=N/N=C/c1ccco1. The van der Waals surface area contributed by atoms with Gasteiger partial charge in [-0.1, -0.05) is 45.9 Å². The molecule has 7 heteroatoms. The lowest BCUT2D eigenvalue weighted by molar-refractivity contribution is -0.125. The third-order valence-electron chi connectivity index (χ3n) is 3.54. The number of rotatable bonds is 6. The number of halogens is 1. The molecule has 1 aromatic carbocycles. The number of thioether (sulfide) groups is 1. The van der Waals surface area contributed by atoms with E-state index in [-0.39, 0.29) is 11.2 Å². The van der Waals surface area contributed by atoms with E-state index in [4.69, 9.17) is 4.42 Å². The summed E-state index contributed by atoms with van der Waals surface area (Å²) in [6.45, 7) is 4.13. The van der Waals surface area contributed by atoms with E-state index in [1.165, 1.54) is 18.0 Å². The second-order valence-electron chi connectivity index (χ2n) is 5.32. The van der Waals surface area contributed by atoms with Crippen LogP contribution in [0.1, 0.15) is 11.3 Å². The van der Waals surface area contributed by atoms with Crippen molar-refractivity contribution in [3.63, 3.8) is 0 Å². The second kappa shape index (κ2) is 8.31. The van der Waals surface area contributed by atoms with Crippen molar-refractivity contribution in [2.24, 2.45) is 10.2 Å². The van der Waals surface area contributed by atoms with Crippen molar-refractivity contribution in [3.05, 3.63) is 71.1 Å². The van der Waals surface area contributed by atoms with Crippen molar-refractivity contribution in [1.82, 2.24) is 4.90 Å². The molecule has 1 aliphatic rings. The van der Waals surface area contributed by atoms with Gasteiger partial charge in [0.1, 0.15) is 5.76 Å². The molecule has 1 aromatic heterocycles. The van der Waals surface area contributed by atoms with Gasteiger partial charge in [-0.2, -0.15) is 5.10 Å². The predicted molar refractivity (Wildman–Crippen MR) is 105 cm³/mol. The van der Waals surface area contributed by atoms with Crippen LogP contribution in [0.2, 0.25) is 0 Å². The largest absolute Gasteiger partial charge is 0.463 e. The standard InChI is InChI=1S/C18H16BrN3O2S/c1-2-9-22-17(23)16(11-13-5-7-14(19)8-6-13)25-18(22)21-20-12-15-4-3-10-24-15/h2-8,10,12,16H,1,9,11H2/b20-12+,21-18+/t16-/m1/s1. The van der Waals surface area contributed by atoms with E-state index in [1.54, 1.807) is 29.4 Å². The molecule has 2 aromatic rings. The summed E-state index contributed by atoms with van der Waals surface area (Å²) in [6, 6.07) is 11.5. The zero-order chi connectivity index (χ0) is 17.6. The maximum atomic E-state index is 12.7. The highest BCUT2D eigenvalue weighted by Crippen LogP contribution is 2.30. The Morgan fingerprint density at radius 3 is 2.80 bits per heavy atom. The van der Waals surface area contributed by atoms with E-state index in [2.05, 4.69) is 32.7 Å². The zero-order valence-corrected chi connectivity index (χ0v) is 15.7. The molecule has 0 spiro atoms. The van der Waals surface area contributed by atoms with Crippen LogP contribution in [-0.2, 0) is 11.2 Å². The minimum atomic E-state index is -0.210. The molecule has 0 N–H and O–H groups in total. The van der Waals surface area contributed by atoms with Gasteiger partial charge >= 0.3 is 0 Å². The summed E-state index contributed by atoms with van der Waals surface area (Å²) in [5, 5.41) is 8.59. The van der Waals surface area contributed by atoms with Gasteiger partial charge in [-0.05, 0) is 36.2 Å². The Hall–Kier alpha value is -2.12. The highest BCUT2D eigenvalue weighted by Gasteiger charge is 2.37. The number of amides is 1. The molecule has 5 nitrogen and oxygen atoms in total. The molecule has 0 radical (unpaired) electrons. The van der Waals surface area contributed by atoms with Gasteiger partial charge in [0.2, 0.25) is 5.91 Å². The summed E-state index contributed by atoms with van der Waals surface area (Å²) in [6.07, 6.45) is 5.42. The number of hydrogen-bond acceptors (Lipinski definition) is 5. The van der Waals surface area contributed by atoms with Crippen LogP contribution in [0.5, 0.6) is 0 Å². The zero-order valence-electron chi connectivity index (χ0n) is 13.3. The predicted octanol–water partition coefficient (Wildman–Crippen LogP) is 4.10. The van der Waals surface area contributed by atoms with Gasteiger partial charge in [0.15, 0.2) is 5.17 Å². The summed E-state index contributed by atoms with van der Waals surface area (Å²) >= 11 is 4.85. The third kappa shape index (κ3) is 4.49. The maximum absolute atomic E-state index is 12.7. The van der Waals surface area contributed by atoms with Gasteiger partial charge in [-0.15, -0.1) is 11.7 Å². The molecule has 1 atom stereocenters. The van der Waals surface area contributed by atoms with Gasteiger partial charge in [0.25, 0.3) is 0 Å². The van der Waals surface area contributed by atoms with Crippen LogP contribution in [0.4, 0.5) is 0 Å². The van der Waals surface area contributed by atoms with Crippen LogP contribution < -0.4 is 0 Å². The molecule has 0 aliphatic carbocycles. The highest BCUT2D eigenvalue weighted by molar-refractivity contribution is 9.10. The number of amidine groups is 1. The van der Waals surface area contributed by atoms with E-state index in [0.717, 1.165) is 10.0 Å². The van der Waals surface area contributed by atoms with Gasteiger partial charge in [-0.25, -0.2) is 0 Å². The molecule has 1 amide bonds. The van der Waals surface area contributed by atoms with Crippen LogP contribution >= 0.6 is 27.7 Å². The number of carbonyl (C=O) groups excluding carboxylic acids is 1. The topological polar surface area (TPSA) is 58.2 Å². The van der Waals surface area contributed by atoms with Crippen LogP contribution in [0.3, 0.4) is 0 Å². The Morgan fingerprint density at radius 2 is 2.12 bits per heavy atom. The maximum Gasteiger partial charge on any atom is 0.242 e. The molecule has 0 unspecified atom stereocenters. The van der Waals surface area contributed by atoms with Gasteiger partial charge in [0, 0.05) is 11.0 Å². The van der Waals surface area contributed by atoms with Crippen LogP contribution in [0, 0.1) is 0 Å². The third-order valence-corrected chi connectivity index (χ3v) is 5.23. The van der Waals surface area contributed by atoms with Gasteiger partial charge in [-0.3, -0.25) is 9.69 Å². The Balaban J connectivity index is 1.74. The number of furan rings is 1. The van der Waals surface area contributed by atoms with Crippen molar-refractivity contribution in [2.75, 3.05) is 6.54 Å². The number of nitrogens with zero attached hydrogens (tertiary/aromatic N) is 3. The molecular formula is C18H16BrN3O2S. The fourth-order valence-corrected chi connectivity index (χ4v) is 3.76. The molecule has 0 bridgehead atoms. The first-order valence-corrected chi connectivity index (χ1v) is 9.32. The minimum Gasteiger partial charge on any atom is -0.463 e. The highest BCUT2D eigenvalue weighted by atomic mass is 79.9. The number of benzene rings is 1. The molecule has 1 saturated heterocycles. The van der Waals surface area contributed by atoms with Crippen LogP contribution in [0.15, 0.2) is 74.4 Å². The average molecular weight is 418 g/mol. The Morgan fingerprint density at radius 1 is 1.32 bits per heavy atom. The molecule has 0 saturated carbocycles. The first kappa shape index (κ1) is 17.7. The van der Waals surface area contributed by atoms with Crippen molar-refractivity contribution < 1.29 is 9.21 Å². The number of carbonyl (C=O) groups is 1. The lowest BCUT2D eigenvalue weighted by Gasteiger charge is -2.12. The van der Waals surface area contributed by atoms with Crippen molar-refractivity contribution in [3.8, 4) is 0 Å². The summed E-state index contributed by atoms with van der Waals surface area (Å²) in [5.74, 6) is 0.639. The van der Waals surface area contributed by atoms with Crippen LogP contribution in [-0.4, -0.2) is 34.0 Å². The van der Waals surface area contributed by atoms with Gasteiger partial charge in [0.05, 0.1) is 17.7 Å². The van der Waals surface area contributed by atoms with E-state index in [1.807, 2.05) is 24.3 Å². The van der Waals surface area contributed by atoms with E-state index in [0.29, 0.717) is 23.9 Å². The quantitative estimate of drug-likeness (QED) is 0.403. The Kier molecular flexibility index (Phi) is 5.88. The van der Waals surface area contributed by atoms with Crippen molar-refractivity contribution in [1.29, 1.82) is 0 Å². The van der Waals surface area contributed by atoms with Crippen LogP contribution in [0.25, 0.3) is 0 Å². The molecule has 1 aliphatic heterocycles. The molecule has 2 heterocycles. The molecule has 25 heavy (non-hydrogen) atoms. The normalized spacial score (nSPS) is 19.2. The van der Waals surface area contributed by atoms with E-state index in [9.17, 15) is 4.79 Å². The molecule has 1 fully saturated rings. The van der Waals surface area contributed by atoms with Crippen molar-refractivity contribution in [2.45, 2.75) is 11.7 Å². The number of hydrogen-bond donors (Lipinski definition) is 0. The molecule has 128 valence electrons. The molecule has 3 rings (SSSR count). The Labute approximate surface area is 158 Å². The monoisotopic (exact) mass is 417 g/mol. The Bertz CT molecular complexity index is 800. The van der Waals surface area contributed by atoms with Gasteiger partial charge < -0.3 is 4.42 Å². The lowest BCUT2D eigenvalue weighted by Crippen LogP contribution is -2.32. The first-order valence-electron chi connectivity index (χ1n) is 7.65. The molecular weight excluding hydrogens is 402 g/mol. The van der Waals surface area contributed by atoms with E-state index >= 15 is 0 Å². The summed E-state index contributed by atoms with van der Waals surface area (Å²) in [4.78, 5) is 14.3. The summed E-state index contributed by atoms with van der Waals surface area (Å²) in [5.41, 5.74) is 1.10. The summed E-state index contributed by atoms with van der Waals surface area (Å²) in [7, 11) is 0. The van der Waals surface area contributed by atoms with E-state index < -0.39 is 0 Å². The minimum absolute atomic E-state index is 0.0276. The second-order valence-corrected chi connectivity index (χ2v) is 7.40. The smallest absolute Gasteiger partial charge is 0.242 e. The van der Waals surface area contributed by atoms with Crippen molar-refractivity contribution >= 4 is 45.0 Å².